The summed E-state index contributed by atoms with van der Waals surface area (Å²) in [5.74, 6) is -0.553. The zero-order valence-corrected chi connectivity index (χ0v) is 14.5. The molecule has 0 spiro atoms. The normalized spacial score (nSPS) is 19.6. The predicted octanol–water partition coefficient (Wildman–Crippen LogP) is 0.824. The number of rotatable bonds is 4. The van der Waals surface area contributed by atoms with Crippen LogP contribution in [0.4, 0.5) is 0 Å². The van der Waals surface area contributed by atoms with Crippen LogP contribution >= 0.6 is 15.9 Å². The number of carbonyl (C=O) groups is 2. The number of likely N-dealkylation sites (N-methyl/N-ethyl adjacent to an activating group) is 1. The van der Waals surface area contributed by atoms with E-state index < -0.39 is 9.84 Å². The van der Waals surface area contributed by atoms with E-state index >= 15 is 0 Å². The van der Waals surface area contributed by atoms with Crippen LogP contribution in [0, 0.1) is 0 Å². The molecule has 120 valence electrons. The van der Waals surface area contributed by atoms with Crippen LogP contribution in [-0.2, 0) is 14.6 Å². The lowest BCUT2D eigenvalue weighted by atomic mass is 10.2. The fraction of sp³-hybridized carbons (Fsp3) is 0.429. The van der Waals surface area contributed by atoms with Crippen LogP contribution in [0.1, 0.15) is 16.8 Å². The van der Waals surface area contributed by atoms with Gasteiger partial charge < -0.3 is 10.2 Å². The topological polar surface area (TPSA) is 83.6 Å². The summed E-state index contributed by atoms with van der Waals surface area (Å²) in [5, 5.41) is 2.56. The molecule has 2 amide bonds. The molecule has 1 aliphatic rings. The minimum absolute atomic E-state index is 0.00653. The Morgan fingerprint density at radius 2 is 2.05 bits per heavy atom. The van der Waals surface area contributed by atoms with Gasteiger partial charge in [-0.15, -0.1) is 0 Å². The van der Waals surface area contributed by atoms with E-state index in [1.54, 1.807) is 31.3 Å². The first-order chi connectivity index (χ1) is 10.3. The maximum atomic E-state index is 12.1. The summed E-state index contributed by atoms with van der Waals surface area (Å²) in [4.78, 5) is 25.5. The second kappa shape index (κ2) is 6.78. The largest absolute Gasteiger partial charge is 0.343 e. The third-order valence-electron chi connectivity index (χ3n) is 3.67. The van der Waals surface area contributed by atoms with E-state index in [-0.39, 0.29) is 35.9 Å². The minimum atomic E-state index is -3.04. The van der Waals surface area contributed by atoms with Gasteiger partial charge in [-0.25, -0.2) is 8.42 Å². The molecule has 22 heavy (non-hydrogen) atoms. The van der Waals surface area contributed by atoms with Crippen molar-refractivity contribution >= 4 is 37.6 Å². The number of halogens is 1. The van der Waals surface area contributed by atoms with Crippen LogP contribution in [0.25, 0.3) is 0 Å². The fourth-order valence-corrected chi connectivity index (χ4v) is 4.54. The Kier molecular flexibility index (Phi) is 5.23. The molecule has 2 rings (SSSR count). The van der Waals surface area contributed by atoms with Gasteiger partial charge in [0.1, 0.15) is 0 Å². The summed E-state index contributed by atoms with van der Waals surface area (Å²) in [7, 11) is -1.47. The molecule has 1 fully saturated rings. The Morgan fingerprint density at radius 1 is 1.36 bits per heavy atom. The first kappa shape index (κ1) is 17.0. The number of amides is 2. The lowest BCUT2D eigenvalue weighted by Crippen LogP contribution is -2.43. The Balaban J connectivity index is 1.90. The highest BCUT2D eigenvalue weighted by Gasteiger charge is 2.32. The lowest BCUT2D eigenvalue weighted by Gasteiger charge is -2.23. The summed E-state index contributed by atoms with van der Waals surface area (Å²) in [6.07, 6.45) is 0.447. The highest BCUT2D eigenvalue weighted by molar-refractivity contribution is 9.10. The van der Waals surface area contributed by atoms with E-state index in [0.29, 0.717) is 16.5 Å². The van der Waals surface area contributed by atoms with Gasteiger partial charge in [-0.2, -0.15) is 0 Å². The zero-order chi connectivity index (χ0) is 16.3. The molecule has 1 saturated heterocycles. The van der Waals surface area contributed by atoms with Gasteiger partial charge in [0.2, 0.25) is 5.91 Å². The van der Waals surface area contributed by atoms with Crippen molar-refractivity contribution in [3.63, 3.8) is 0 Å². The number of benzene rings is 1. The van der Waals surface area contributed by atoms with Crippen LogP contribution in [-0.4, -0.2) is 56.3 Å². The van der Waals surface area contributed by atoms with Crippen LogP contribution in [0.3, 0.4) is 0 Å². The van der Waals surface area contributed by atoms with Crippen molar-refractivity contribution in [3.05, 3.63) is 34.3 Å². The van der Waals surface area contributed by atoms with Crippen LogP contribution < -0.4 is 5.32 Å². The second-order valence-corrected chi connectivity index (χ2v) is 8.31. The van der Waals surface area contributed by atoms with Crippen LogP contribution in [0.15, 0.2) is 28.7 Å². The number of nitrogens with zero attached hydrogens (tertiary/aromatic N) is 1. The number of hydrogen-bond acceptors (Lipinski definition) is 4. The van der Waals surface area contributed by atoms with Crippen molar-refractivity contribution < 1.29 is 18.0 Å². The summed E-state index contributed by atoms with van der Waals surface area (Å²) in [6.45, 7) is -0.160. The molecule has 8 heteroatoms. The maximum absolute atomic E-state index is 12.1. The number of sulfone groups is 1. The van der Waals surface area contributed by atoms with Gasteiger partial charge in [0, 0.05) is 17.6 Å². The highest BCUT2D eigenvalue weighted by atomic mass is 79.9. The number of carbonyl (C=O) groups excluding carboxylic acids is 2. The molecule has 1 aromatic carbocycles. The van der Waals surface area contributed by atoms with E-state index in [1.807, 2.05) is 0 Å². The summed E-state index contributed by atoms with van der Waals surface area (Å²) < 4.78 is 23.5. The van der Waals surface area contributed by atoms with Crippen molar-refractivity contribution in [1.29, 1.82) is 0 Å². The van der Waals surface area contributed by atoms with Gasteiger partial charge in [0.05, 0.1) is 23.6 Å². The van der Waals surface area contributed by atoms with Gasteiger partial charge in [-0.05, 0) is 34.5 Å². The number of hydrogen-bond donors (Lipinski definition) is 1. The first-order valence-electron chi connectivity index (χ1n) is 6.79. The molecule has 1 N–H and O–H groups in total. The molecule has 6 nitrogen and oxygen atoms in total. The molecular weight excluding hydrogens is 372 g/mol. The maximum Gasteiger partial charge on any atom is 0.252 e. The van der Waals surface area contributed by atoms with Crippen molar-refractivity contribution in [2.24, 2.45) is 0 Å². The molecule has 0 unspecified atom stereocenters. The van der Waals surface area contributed by atoms with E-state index in [2.05, 4.69) is 21.2 Å². The Bertz CT molecular complexity index is 690. The quantitative estimate of drug-likeness (QED) is 0.827. The molecule has 1 aliphatic heterocycles. The van der Waals surface area contributed by atoms with E-state index in [0.717, 1.165) is 0 Å². The predicted molar refractivity (Wildman–Crippen MR) is 86.3 cm³/mol. The van der Waals surface area contributed by atoms with Crippen molar-refractivity contribution in [2.45, 2.75) is 12.5 Å². The molecule has 0 aromatic heterocycles. The Hall–Kier alpha value is -1.41. The smallest absolute Gasteiger partial charge is 0.252 e. The third-order valence-corrected chi connectivity index (χ3v) is 6.11. The molecular formula is C14H17BrN2O4S. The van der Waals surface area contributed by atoms with Gasteiger partial charge in [0.25, 0.3) is 5.91 Å². The summed E-state index contributed by atoms with van der Waals surface area (Å²) >= 11 is 3.28. The average molecular weight is 389 g/mol. The Labute approximate surface area is 137 Å². The van der Waals surface area contributed by atoms with Gasteiger partial charge in [-0.1, -0.05) is 12.1 Å². The summed E-state index contributed by atoms with van der Waals surface area (Å²) in [5.41, 5.74) is 0.446. The molecule has 0 radical (unpaired) electrons. The van der Waals surface area contributed by atoms with Crippen LogP contribution in [0.2, 0.25) is 0 Å². The van der Waals surface area contributed by atoms with Gasteiger partial charge >= 0.3 is 0 Å². The molecule has 1 atom stereocenters. The third kappa shape index (κ3) is 4.07. The van der Waals surface area contributed by atoms with Crippen LogP contribution in [0.5, 0.6) is 0 Å². The summed E-state index contributed by atoms with van der Waals surface area (Å²) in [6, 6.07) is 6.61. The number of nitrogens with one attached hydrogen (secondary N) is 1. The molecule has 0 aliphatic carbocycles. The fourth-order valence-electron chi connectivity index (χ4n) is 2.31. The molecule has 1 aromatic rings. The first-order valence-corrected chi connectivity index (χ1v) is 9.40. The Morgan fingerprint density at radius 3 is 2.64 bits per heavy atom. The van der Waals surface area contributed by atoms with Crippen molar-refractivity contribution in [3.8, 4) is 0 Å². The minimum Gasteiger partial charge on any atom is -0.343 e. The zero-order valence-electron chi connectivity index (χ0n) is 12.1. The van der Waals surface area contributed by atoms with Gasteiger partial charge in [-0.3, -0.25) is 9.59 Å². The van der Waals surface area contributed by atoms with E-state index in [9.17, 15) is 18.0 Å². The van der Waals surface area contributed by atoms with E-state index in [4.69, 9.17) is 0 Å². The highest BCUT2D eigenvalue weighted by Crippen LogP contribution is 2.17. The average Bonchev–Trinajstić information content (AvgIpc) is 2.84. The monoisotopic (exact) mass is 388 g/mol. The lowest BCUT2D eigenvalue weighted by molar-refractivity contribution is -0.130. The molecule has 0 saturated carbocycles. The SMILES string of the molecule is CN(C(=O)CNC(=O)c1ccccc1Br)[C@@H]1CCS(=O)(=O)C1. The van der Waals surface area contributed by atoms with Crippen molar-refractivity contribution in [1.82, 2.24) is 10.2 Å². The molecule has 0 bridgehead atoms. The second-order valence-electron chi connectivity index (χ2n) is 5.22. The van der Waals surface area contributed by atoms with Gasteiger partial charge in [0.15, 0.2) is 9.84 Å². The van der Waals surface area contributed by atoms with Crippen molar-refractivity contribution in [2.75, 3.05) is 25.1 Å². The standard InChI is InChI=1S/C14H17BrN2O4S/c1-17(10-6-7-22(20,21)9-10)13(18)8-16-14(19)11-4-2-3-5-12(11)15/h2-5,10H,6-9H2,1H3,(H,16,19)/t10-/m1/s1. The molecule has 1 heterocycles. The van der Waals surface area contributed by atoms with E-state index in [1.165, 1.54) is 4.90 Å².